The highest BCUT2D eigenvalue weighted by molar-refractivity contribution is 7.98. The van der Waals surface area contributed by atoms with E-state index in [2.05, 4.69) is 49.7 Å². The second-order valence-corrected chi connectivity index (χ2v) is 10.5. The molecule has 0 spiro atoms. The lowest BCUT2D eigenvalue weighted by Gasteiger charge is -2.28. The molecule has 5 atom stereocenters. The third kappa shape index (κ3) is 5.38. The van der Waals surface area contributed by atoms with Gasteiger partial charge < -0.3 is 25.0 Å². The molecule has 0 unspecified atom stereocenters. The predicted octanol–water partition coefficient (Wildman–Crippen LogP) is 4.02. The van der Waals surface area contributed by atoms with Crippen molar-refractivity contribution in [2.75, 3.05) is 19.4 Å². The van der Waals surface area contributed by atoms with Gasteiger partial charge in [0.1, 0.15) is 17.8 Å². The summed E-state index contributed by atoms with van der Waals surface area (Å²) in [5, 5.41) is 23.4. The van der Waals surface area contributed by atoms with E-state index in [-0.39, 0.29) is 30.3 Å². The average molecular weight is 472 g/mol. The molecule has 0 radical (unpaired) electrons. The topological polar surface area (TPSA) is 88.0 Å². The fraction of sp³-hybridized carbons (Fsp3) is 0.500. The molecule has 33 heavy (non-hydrogen) atoms. The number of carboxylic acids is 1. The molecule has 7 heteroatoms. The van der Waals surface area contributed by atoms with Gasteiger partial charge in [-0.1, -0.05) is 24.3 Å². The minimum Gasteiger partial charge on any atom is -0.489 e. The summed E-state index contributed by atoms with van der Waals surface area (Å²) in [5.41, 5.74) is 2.97. The van der Waals surface area contributed by atoms with Gasteiger partial charge in [0.2, 0.25) is 0 Å². The lowest BCUT2D eigenvalue weighted by molar-refractivity contribution is -0.139. The van der Waals surface area contributed by atoms with Crippen LogP contribution in [0, 0.1) is 5.92 Å². The molecule has 2 aromatic carbocycles. The number of hydrogen-bond acceptors (Lipinski definition) is 6. The van der Waals surface area contributed by atoms with Crippen molar-refractivity contribution >= 4 is 17.7 Å². The quantitative estimate of drug-likeness (QED) is 0.427. The zero-order chi connectivity index (χ0) is 23.8. The number of β-amino-alcohol motifs (C(OH)–C–C–N with tert-alkyl or cyclic N) is 1. The van der Waals surface area contributed by atoms with Gasteiger partial charge in [-0.25, -0.2) is 0 Å². The largest absolute Gasteiger partial charge is 0.489 e. The van der Waals surface area contributed by atoms with Gasteiger partial charge in [0.15, 0.2) is 0 Å². The maximum Gasteiger partial charge on any atom is 0.311 e. The van der Waals surface area contributed by atoms with Crippen LogP contribution in [0.1, 0.15) is 49.5 Å². The van der Waals surface area contributed by atoms with E-state index in [1.807, 2.05) is 25.1 Å². The number of benzene rings is 2. The van der Waals surface area contributed by atoms with Crippen LogP contribution in [0.3, 0.4) is 0 Å². The molecule has 2 aliphatic rings. The van der Waals surface area contributed by atoms with Crippen molar-refractivity contribution in [3.63, 3.8) is 0 Å². The van der Waals surface area contributed by atoms with E-state index in [0.717, 1.165) is 23.3 Å². The van der Waals surface area contributed by atoms with Crippen LogP contribution in [-0.2, 0) is 16.0 Å². The van der Waals surface area contributed by atoms with Crippen molar-refractivity contribution in [1.82, 2.24) is 5.32 Å². The third-order valence-electron chi connectivity index (χ3n) is 6.53. The molecule has 0 saturated heterocycles. The van der Waals surface area contributed by atoms with Gasteiger partial charge in [-0.2, -0.15) is 0 Å². The normalized spacial score (nSPS) is 22.8. The number of carboxylic acid groups (broad SMARTS) is 1. The molecule has 1 aliphatic heterocycles. The molecule has 6 nitrogen and oxygen atoms in total. The molecule has 1 heterocycles. The summed E-state index contributed by atoms with van der Waals surface area (Å²) in [6.07, 6.45) is 1.74. The van der Waals surface area contributed by atoms with Gasteiger partial charge in [-0.15, -0.1) is 11.8 Å². The number of ether oxygens (including phenoxy) is 2. The number of aliphatic hydroxyl groups excluding tert-OH is 1. The highest BCUT2D eigenvalue weighted by Crippen LogP contribution is 2.60. The van der Waals surface area contributed by atoms with Gasteiger partial charge in [0.25, 0.3) is 0 Å². The number of rotatable bonds is 11. The number of nitrogens with one attached hydrogen (secondary N) is 1. The summed E-state index contributed by atoms with van der Waals surface area (Å²) >= 11 is 1.73. The number of aliphatic carboxylic acids is 1. The predicted molar refractivity (Wildman–Crippen MR) is 129 cm³/mol. The Morgan fingerprint density at radius 2 is 1.97 bits per heavy atom. The molecule has 0 amide bonds. The van der Waals surface area contributed by atoms with Crippen LogP contribution in [0.4, 0.5) is 0 Å². The standard InChI is InChI=1S/C26H33NO5S/c1-15(19-6-5-7-20-21(19)22-23(25(29)30)24(22)32-20)31-14-17(28)13-27-26(2,3)12-16-8-10-18(33-4)11-9-16/h5-11,15,17,22-24,27-28H,12-14H2,1-4H3,(H,29,30)/t15-,17-,22+,23+,24+/m1/s1. The van der Waals surface area contributed by atoms with Crippen LogP contribution in [0.15, 0.2) is 47.4 Å². The van der Waals surface area contributed by atoms with E-state index in [0.29, 0.717) is 6.54 Å². The Hall–Kier alpha value is -2.06. The monoisotopic (exact) mass is 471 g/mol. The first-order chi connectivity index (χ1) is 15.7. The van der Waals surface area contributed by atoms with E-state index in [4.69, 9.17) is 9.47 Å². The summed E-state index contributed by atoms with van der Waals surface area (Å²) in [6, 6.07) is 14.3. The van der Waals surface area contributed by atoms with E-state index < -0.39 is 18.0 Å². The average Bonchev–Trinajstić information content (AvgIpc) is 3.37. The smallest absolute Gasteiger partial charge is 0.311 e. The Morgan fingerprint density at radius 3 is 2.64 bits per heavy atom. The van der Waals surface area contributed by atoms with Crippen LogP contribution in [0.2, 0.25) is 0 Å². The van der Waals surface area contributed by atoms with Gasteiger partial charge in [0.05, 0.1) is 18.8 Å². The Morgan fingerprint density at radius 1 is 1.24 bits per heavy atom. The number of aliphatic hydroxyl groups is 1. The van der Waals surface area contributed by atoms with Crippen LogP contribution < -0.4 is 10.1 Å². The number of fused-ring (bicyclic) bond motifs is 3. The van der Waals surface area contributed by atoms with Gasteiger partial charge in [-0.3, -0.25) is 4.79 Å². The SMILES string of the molecule is CSc1ccc(CC(C)(C)NC[C@@H](O)CO[C@H](C)c2cccc3c2[C@@H]2[C@H](O3)[C@H]2C(=O)O)cc1. The van der Waals surface area contributed by atoms with Gasteiger partial charge in [-0.05, 0) is 62.8 Å². The second-order valence-electron chi connectivity index (χ2n) is 9.65. The van der Waals surface area contributed by atoms with Crippen LogP contribution in [0.25, 0.3) is 0 Å². The first-order valence-corrected chi connectivity index (χ1v) is 12.6. The maximum absolute atomic E-state index is 11.4. The van der Waals surface area contributed by atoms with Crippen LogP contribution in [0.5, 0.6) is 5.75 Å². The zero-order valence-corrected chi connectivity index (χ0v) is 20.4. The Labute approximate surface area is 199 Å². The second kappa shape index (κ2) is 9.66. The van der Waals surface area contributed by atoms with E-state index in [1.54, 1.807) is 11.8 Å². The van der Waals surface area contributed by atoms with Crippen molar-refractivity contribution in [2.24, 2.45) is 5.92 Å². The highest BCUT2D eigenvalue weighted by atomic mass is 32.2. The Balaban J connectivity index is 1.28. The molecule has 4 rings (SSSR count). The molecular formula is C26H33NO5S. The molecule has 2 aromatic rings. The summed E-state index contributed by atoms with van der Waals surface area (Å²) in [7, 11) is 0. The lowest BCUT2D eigenvalue weighted by Crippen LogP contribution is -2.46. The maximum atomic E-state index is 11.4. The molecule has 178 valence electrons. The van der Waals surface area contributed by atoms with Gasteiger partial charge in [0, 0.05) is 28.5 Å². The van der Waals surface area contributed by atoms with Crippen molar-refractivity contribution in [1.29, 1.82) is 0 Å². The number of thioether (sulfide) groups is 1. The number of hydrogen-bond donors (Lipinski definition) is 3. The molecule has 0 aromatic heterocycles. The summed E-state index contributed by atoms with van der Waals surface area (Å²) < 4.78 is 11.8. The van der Waals surface area contributed by atoms with Gasteiger partial charge >= 0.3 is 5.97 Å². The fourth-order valence-corrected chi connectivity index (χ4v) is 5.11. The molecule has 3 N–H and O–H groups in total. The van der Waals surface area contributed by atoms with Crippen molar-refractivity contribution < 1.29 is 24.5 Å². The minimum atomic E-state index is -0.816. The van der Waals surface area contributed by atoms with Crippen LogP contribution in [-0.4, -0.2) is 53.3 Å². The van der Waals surface area contributed by atoms with Crippen molar-refractivity contribution in [2.45, 2.75) is 61.9 Å². The zero-order valence-electron chi connectivity index (χ0n) is 19.6. The van der Waals surface area contributed by atoms with Crippen molar-refractivity contribution in [3.8, 4) is 5.75 Å². The number of carbonyl (C=O) groups is 1. The molecule has 0 bridgehead atoms. The molecule has 1 saturated carbocycles. The summed E-state index contributed by atoms with van der Waals surface area (Å²) in [4.78, 5) is 12.7. The summed E-state index contributed by atoms with van der Waals surface area (Å²) in [6.45, 7) is 6.80. The van der Waals surface area contributed by atoms with E-state index in [1.165, 1.54) is 10.5 Å². The van der Waals surface area contributed by atoms with Crippen LogP contribution >= 0.6 is 11.8 Å². The highest BCUT2D eigenvalue weighted by Gasteiger charge is 2.63. The first kappa shape index (κ1) is 24.1. The summed E-state index contributed by atoms with van der Waals surface area (Å²) in [5.74, 6) is -0.634. The molecular weight excluding hydrogens is 438 g/mol. The third-order valence-corrected chi connectivity index (χ3v) is 7.28. The lowest BCUT2D eigenvalue weighted by atomic mass is 9.95. The Bertz CT molecular complexity index is 993. The van der Waals surface area contributed by atoms with E-state index >= 15 is 0 Å². The molecule has 1 aliphatic carbocycles. The van der Waals surface area contributed by atoms with Crippen molar-refractivity contribution in [3.05, 3.63) is 59.2 Å². The Kier molecular flexibility index (Phi) is 7.05. The molecule has 1 fully saturated rings. The minimum absolute atomic E-state index is 0.0999. The van der Waals surface area contributed by atoms with E-state index in [9.17, 15) is 15.0 Å². The first-order valence-electron chi connectivity index (χ1n) is 11.4. The fourth-order valence-electron chi connectivity index (χ4n) is 4.70.